The van der Waals surface area contributed by atoms with Crippen LogP contribution in [0.15, 0.2) is 278 Å². The van der Waals surface area contributed by atoms with Gasteiger partial charge in [0.1, 0.15) is 65.2 Å². The van der Waals surface area contributed by atoms with Gasteiger partial charge in [-0.1, -0.05) is 137 Å². The van der Waals surface area contributed by atoms with Crippen LogP contribution in [0.3, 0.4) is 0 Å². The molecule has 4 atom stereocenters. The maximum atomic E-state index is 14.0. The van der Waals surface area contributed by atoms with E-state index >= 15 is 0 Å². The van der Waals surface area contributed by atoms with Gasteiger partial charge in [-0.05, 0) is 214 Å². The molecular formula is C109H130N14O18S8. The molecule has 7 aromatic carbocycles. The van der Waals surface area contributed by atoms with Gasteiger partial charge in [-0.25, -0.2) is 43.6 Å². The zero-order valence-corrected chi connectivity index (χ0v) is 92.9. The van der Waals surface area contributed by atoms with E-state index in [0.29, 0.717) is 139 Å². The molecule has 9 aromatic heterocycles. The number of hydrogen-bond donors (Lipinski definition) is 4. The third-order valence-electron chi connectivity index (χ3n) is 23.6. The van der Waals surface area contributed by atoms with Crippen molar-refractivity contribution >= 4 is 153 Å². The van der Waals surface area contributed by atoms with Crippen molar-refractivity contribution in [2.45, 2.75) is 206 Å². The fourth-order valence-corrected chi connectivity index (χ4v) is 23.9. The fourth-order valence-electron chi connectivity index (χ4n) is 16.5. The minimum absolute atomic E-state index is 0.0659. The van der Waals surface area contributed by atoms with Gasteiger partial charge >= 0.3 is 0 Å². The van der Waals surface area contributed by atoms with Crippen molar-refractivity contribution in [2.24, 2.45) is 36.6 Å². The van der Waals surface area contributed by atoms with E-state index in [2.05, 4.69) is 57.8 Å². The molecule has 0 saturated carbocycles. The van der Waals surface area contributed by atoms with E-state index in [1.165, 1.54) is 95.5 Å². The summed E-state index contributed by atoms with van der Waals surface area (Å²) in [7, 11) is -14.0. The normalized spacial score (nSPS) is 12.8. The van der Waals surface area contributed by atoms with Gasteiger partial charge in [-0.15, -0.1) is 45.3 Å². The Kier molecular flexibility index (Phi) is 39.9. The second-order valence-electron chi connectivity index (χ2n) is 39.1. The van der Waals surface area contributed by atoms with Crippen molar-refractivity contribution in [3.8, 4) is 11.5 Å². The summed E-state index contributed by atoms with van der Waals surface area (Å²) in [4.78, 5) is 81.2. The first-order valence-corrected chi connectivity index (χ1v) is 58.6. The second kappa shape index (κ2) is 52.3. The summed E-state index contributed by atoms with van der Waals surface area (Å²) in [5.41, 5.74) is 14.8. The number of ether oxygens (including phenoxy) is 2. The summed E-state index contributed by atoms with van der Waals surface area (Å²) in [6.45, 7) is 34.7. The van der Waals surface area contributed by atoms with Crippen molar-refractivity contribution < 1.29 is 80.0 Å². The lowest BCUT2D eigenvalue weighted by atomic mass is 10.0. The summed E-state index contributed by atoms with van der Waals surface area (Å²) >= 11 is 5.96. The predicted molar refractivity (Wildman–Crippen MR) is 583 cm³/mol. The van der Waals surface area contributed by atoms with Gasteiger partial charge in [0.15, 0.2) is 0 Å². The number of nitrogens with one attached hydrogen (secondary N) is 4. The first-order valence-electron chi connectivity index (χ1n) is 49.1. The van der Waals surface area contributed by atoms with Crippen LogP contribution in [0.1, 0.15) is 156 Å². The van der Waals surface area contributed by atoms with Gasteiger partial charge in [0.05, 0.1) is 113 Å². The Balaban J connectivity index is 0.000000166. The number of sulfonamides is 4. The fraction of sp³-hybridized carbons (Fsp3) is 0.367. The molecule has 0 fully saturated rings. The van der Waals surface area contributed by atoms with Gasteiger partial charge < -0.3 is 46.7 Å². The number of aryl methyl sites for hydroxylation is 3. The molecular weight excluding hydrogens is 2050 g/mol. The SMILES string of the molecule is CC(C)CN(CC(C)C)C(=O)[C@H](Cc1ccc(OCc2cncs2)cc1)NS(=O)(=O)c1ccc2occc2c1.CC(C)CN(Cc1csc(C(C)C)n1)C(=O)[C@H](C)NS(=O)(=O)c1ccc2occc2c1.Cc1cc(COc2ccc(C[C@H](NS(=O)(=O)c3ccc4occc4c3)C(=O)N(CC(C)C)CC(C)C)cc2)n(C)n1.Cc1ccc(CCN(Cc2cncs2)C(=O)[C@H](Cc2cscn2)NS(=O)(=O)c2ccc3occc3c2)cc1. The van der Waals surface area contributed by atoms with Crippen LogP contribution in [-0.4, -0.2) is 170 Å². The van der Waals surface area contributed by atoms with E-state index in [9.17, 15) is 52.8 Å². The van der Waals surface area contributed by atoms with E-state index in [4.69, 9.17) is 27.1 Å². The highest BCUT2D eigenvalue weighted by molar-refractivity contribution is 7.90. The lowest BCUT2D eigenvalue weighted by Gasteiger charge is -2.30. The zero-order valence-electron chi connectivity index (χ0n) is 86.4. The van der Waals surface area contributed by atoms with Crippen LogP contribution in [0.25, 0.3) is 43.9 Å². The highest BCUT2D eigenvalue weighted by Crippen LogP contribution is 2.31. The average Bonchev–Trinajstić information content (AvgIpc) is 1.58. The Bertz CT molecular complexity index is 7530. The van der Waals surface area contributed by atoms with Gasteiger partial charge in [-0.3, -0.25) is 33.8 Å². The van der Waals surface area contributed by atoms with Crippen molar-refractivity contribution in [1.29, 1.82) is 0 Å². The molecule has 0 radical (unpaired) electrons. The van der Waals surface area contributed by atoms with Crippen LogP contribution in [0.2, 0.25) is 0 Å². The lowest BCUT2D eigenvalue weighted by molar-refractivity contribution is -0.134. The highest BCUT2D eigenvalue weighted by Gasteiger charge is 2.36. The Labute approximate surface area is 887 Å². The molecule has 40 heteroatoms. The first-order chi connectivity index (χ1) is 70.9. The van der Waals surface area contributed by atoms with Crippen molar-refractivity contribution in [3.05, 3.63) is 300 Å². The largest absolute Gasteiger partial charge is 0.488 e. The van der Waals surface area contributed by atoms with Crippen molar-refractivity contribution in [3.63, 3.8) is 0 Å². The minimum atomic E-state index is -4.02. The Morgan fingerprint density at radius 1 is 0.403 bits per heavy atom. The molecule has 16 aromatic rings. The molecule has 0 saturated heterocycles. The number of nitrogens with zero attached hydrogens (tertiary/aromatic N) is 10. The standard InChI is InChI=1S/C31H40N4O5S.C29H35N3O5S2.C27H26N4O4S3.C22H29N3O4S2/c1-21(2)18-35(19-22(3)4)31(36)29(33-41(37,38)28-11-12-30-25(17-28)13-14-39-30)16-24-7-9-27(10-8-24)40-20-26-15-23(5)32-34(26)6;1-20(2)16-32(17-21(3)4)29(33)27(31-39(34,35)26-9-10-28-23(14-26)11-12-36-28)13-22-5-7-24(8-6-22)37-18-25-15-30-19-38-25;1-19-2-4-20(5-3-19)8-10-31(15-23-14-28-17-37-23)27(32)25(13-22-16-36-18-29-22)30-38(33,34)24-6-7-26-21(12-24)9-11-35-26;1-14(2)11-25(12-18-13-30-21(23-18)15(3)4)22(26)16(5)24-31(27,28)19-6-7-20-17(10-19)8-9-29-20/h7-15,17,21-22,29,33H,16,18-20H2,1-6H3;5-12,14-15,19-21,27,31H,13,16-18H2,1-4H3;2-7,9,11-12,14,16-18,25,30H,8,10,13,15H2,1H3;6-10,13-16,24H,11-12H2,1-5H3/t29-;27-;25-;16-/m0000/s1. The molecule has 0 aliphatic heterocycles. The number of carbonyl (C=O) groups is 4. The monoisotopic (exact) mass is 2180 g/mol. The van der Waals surface area contributed by atoms with Crippen molar-refractivity contribution in [2.75, 3.05) is 39.3 Å². The lowest BCUT2D eigenvalue weighted by Crippen LogP contribution is -2.51. The smallest absolute Gasteiger partial charge is 0.241 e. The van der Waals surface area contributed by atoms with E-state index in [1.54, 1.807) is 132 Å². The van der Waals surface area contributed by atoms with Crippen molar-refractivity contribution in [1.82, 2.24) is 68.2 Å². The Hall–Kier alpha value is -12.5. The molecule has 32 nitrogen and oxygen atoms in total. The maximum Gasteiger partial charge on any atom is 0.241 e. The molecule has 149 heavy (non-hydrogen) atoms. The van der Waals surface area contributed by atoms with Gasteiger partial charge in [-0.2, -0.15) is 24.0 Å². The number of rotatable bonds is 46. The molecule has 4 amide bonds. The van der Waals surface area contributed by atoms with Gasteiger partial charge in [0.2, 0.25) is 63.7 Å². The highest BCUT2D eigenvalue weighted by atomic mass is 32.2. The minimum Gasteiger partial charge on any atom is -0.488 e. The number of thiazole rings is 4. The van der Waals surface area contributed by atoms with Crippen LogP contribution >= 0.6 is 45.3 Å². The second-order valence-corrected chi connectivity index (χ2v) is 49.5. The molecule has 4 N–H and O–H groups in total. The molecule has 0 aliphatic rings. The number of hydrogen-bond acceptors (Lipinski definition) is 27. The van der Waals surface area contributed by atoms with Crippen LogP contribution in [0.5, 0.6) is 11.5 Å². The molecule has 0 bridgehead atoms. The quantitative estimate of drug-likeness (QED) is 0.0275. The molecule has 9 heterocycles. The van der Waals surface area contributed by atoms with Crippen LogP contribution in [0.4, 0.5) is 0 Å². The van der Waals surface area contributed by atoms with E-state index < -0.39 is 64.3 Å². The maximum absolute atomic E-state index is 14.0. The molecule has 0 aliphatic carbocycles. The van der Waals surface area contributed by atoms with Crippen LogP contribution < -0.4 is 28.4 Å². The van der Waals surface area contributed by atoms with E-state index in [-0.39, 0.29) is 92.1 Å². The topological polar surface area (TPSA) is 406 Å². The summed E-state index contributed by atoms with van der Waals surface area (Å²) < 4.78 is 152. The van der Waals surface area contributed by atoms with Gasteiger partial charge in [0, 0.05) is 108 Å². The van der Waals surface area contributed by atoms with E-state index in [1.807, 2.05) is 180 Å². The summed E-state index contributed by atoms with van der Waals surface area (Å²) in [6, 6.07) is 46.4. The predicted octanol–water partition coefficient (Wildman–Crippen LogP) is 19.8. The van der Waals surface area contributed by atoms with Gasteiger partial charge in [0.25, 0.3) is 0 Å². The molecule has 16 rings (SSSR count). The first kappa shape index (κ1) is 114. The van der Waals surface area contributed by atoms with E-state index in [0.717, 1.165) is 54.1 Å². The molecule has 0 unspecified atom stereocenters. The summed E-state index contributed by atoms with van der Waals surface area (Å²) in [5, 5.41) is 11.9. The van der Waals surface area contributed by atoms with Crippen LogP contribution in [0, 0.1) is 43.4 Å². The number of aromatic nitrogens is 6. The number of carbonyl (C=O) groups excluding carboxylic acids is 4. The number of benzene rings is 7. The third kappa shape index (κ3) is 33.0. The number of fused-ring (bicyclic) bond motifs is 4. The Morgan fingerprint density at radius 3 is 1.18 bits per heavy atom. The summed E-state index contributed by atoms with van der Waals surface area (Å²) in [6.07, 6.45) is 10.7. The molecule has 0 spiro atoms. The average molecular weight is 2180 g/mol. The zero-order chi connectivity index (χ0) is 107. The van der Waals surface area contributed by atoms with Crippen LogP contribution in [-0.2, 0) is 118 Å². The number of amides is 4. The number of furan rings is 4. The Morgan fingerprint density at radius 2 is 0.799 bits per heavy atom. The third-order valence-corrected chi connectivity index (χ3v) is 32.9. The molecule has 792 valence electrons. The summed E-state index contributed by atoms with van der Waals surface area (Å²) in [5.74, 6) is 1.79.